The highest BCUT2D eigenvalue weighted by Gasteiger charge is 2.38. The summed E-state index contributed by atoms with van der Waals surface area (Å²) in [6.07, 6.45) is 6.39. The summed E-state index contributed by atoms with van der Waals surface area (Å²) in [5.74, 6) is 0. The molecule has 1 atom stereocenters. The van der Waals surface area contributed by atoms with E-state index >= 15 is 0 Å². The first-order chi connectivity index (χ1) is 5.20. The zero-order valence-corrected chi connectivity index (χ0v) is 7.09. The van der Waals surface area contributed by atoms with Crippen LogP contribution in [0.2, 0.25) is 0 Å². The SMILES string of the molecule is CC1(C)CCC2=CNC=NC21. The van der Waals surface area contributed by atoms with Crippen LogP contribution in [-0.2, 0) is 0 Å². The molecule has 2 heteroatoms. The Balaban J connectivity index is 2.31. The zero-order valence-electron chi connectivity index (χ0n) is 7.09. The zero-order chi connectivity index (χ0) is 7.90. The largest absolute Gasteiger partial charge is 0.353 e. The molecule has 2 nitrogen and oxygen atoms in total. The fourth-order valence-electron chi connectivity index (χ4n) is 1.95. The van der Waals surface area contributed by atoms with E-state index in [0.717, 1.165) is 0 Å². The van der Waals surface area contributed by atoms with Crippen molar-refractivity contribution in [1.82, 2.24) is 5.32 Å². The summed E-state index contributed by atoms with van der Waals surface area (Å²) in [4.78, 5) is 4.44. The van der Waals surface area contributed by atoms with Crippen LogP contribution in [0.15, 0.2) is 16.8 Å². The van der Waals surface area contributed by atoms with E-state index in [9.17, 15) is 0 Å². The molecule has 1 fully saturated rings. The molecule has 0 saturated heterocycles. The topological polar surface area (TPSA) is 24.4 Å². The maximum absolute atomic E-state index is 4.44. The van der Waals surface area contributed by atoms with Crippen LogP contribution >= 0.6 is 0 Å². The van der Waals surface area contributed by atoms with Crippen molar-refractivity contribution < 1.29 is 0 Å². The van der Waals surface area contributed by atoms with Crippen LogP contribution in [0.4, 0.5) is 0 Å². The lowest BCUT2D eigenvalue weighted by molar-refractivity contribution is 0.346. The number of hydrogen-bond acceptors (Lipinski definition) is 2. The molecule has 0 amide bonds. The maximum atomic E-state index is 4.44. The number of fused-ring (bicyclic) bond motifs is 1. The third kappa shape index (κ3) is 0.971. The molecule has 2 rings (SSSR count). The molecule has 2 aliphatic rings. The first-order valence-electron chi connectivity index (χ1n) is 4.17. The van der Waals surface area contributed by atoms with Gasteiger partial charge in [-0.25, -0.2) is 0 Å². The number of rotatable bonds is 0. The predicted octanol–water partition coefficient (Wildman–Crippen LogP) is 1.69. The second-order valence-electron chi connectivity index (χ2n) is 4.06. The lowest BCUT2D eigenvalue weighted by Gasteiger charge is -2.25. The Hall–Kier alpha value is -0.790. The van der Waals surface area contributed by atoms with Crippen molar-refractivity contribution in [2.45, 2.75) is 32.7 Å². The van der Waals surface area contributed by atoms with Crippen molar-refractivity contribution in [3.8, 4) is 0 Å². The minimum Gasteiger partial charge on any atom is -0.353 e. The third-order valence-electron chi connectivity index (χ3n) is 2.72. The first kappa shape index (κ1) is 6.89. The minimum atomic E-state index is 0.379. The average molecular weight is 150 g/mol. The maximum Gasteiger partial charge on any atom is 0.0871 e. The van der Waals surface area contributed by atoms with Crippen molar-refractivity contribution in [3.05, 3.63) is 11.8 Å². The van der Waals surface area contributed by atoms with Crippen molar-refractivity contribution >= 4 is 6.34 Å². The Kier molecular flexibility index (Phi) is 1.31. The molecule has 1 saturated carbocycles. The van der Waals surface area contributed by atoms with Gasteiger partial charge in [-0.2, -0.15) is 0 Å². The molecule has 0 aromatic heterocycles. The van der Waals surface area contributed by atoms with Gasteiger partial charge in [-0.05, 0) is 23.8 Å². The highest BCUT2D eigenvalue weighted by atomic mass is 15.0. The van der Waals surface area contributed by atoms with Crippen molar-refractivity contribution in [3.63, 3.8) is 0 Å². The van der Waals surface area contributed by atoms with Crippen molar-refractivity contribution in [2.24, 2.45) is 10.4 Å². The Labute approximate surface area is 67.4 Å². The summed E-state index contributed by atoms with van der Waals surface area (Å²) >= 11 is 0. The molecule has 11 heavy (non-hydrogen) atoms. The van der Waals surface area contributed by atoms with Gasteiger partial charge >= 0.3 is 0 Å². The molecule has 1 unspecified atom stereocenters. The second-order valence-corrected chi connectivity index (χ2v) is 4.06. The first-order valence-corrected chi connectivity index (χ1v) is 4.17. The minimum absolute atomic E-state index is 0.379. The Morgan fingerprint density at radius 2 is 2.45 bits per heavy atom. The highest BCUT2D eigenvalue weighted by Crippen LogP contribution is 2.43. The van der Waals surface area contributed by atoms with Gasteiger partial charge in [-0.15, -0.1) is 0 Å². The van der Waals surface area contributed by atoms with E-state index in [2.05, 4.69) is 30.4 Å². The summed E-state index contributed by atoms with van der Waals surface area (Å²) in [6, 6.07) is 0.448. The molecule has 1 N–H and O–H groups in total. The van der Waals surface area contributed by atoms with Crippen LogP contribution in [0.25, 0.3) is 0 Å². The standard InChI is InChI=1S/C9H14N2/c1-9(2)4-3-7-5-10-6-11-8(7)9/h5-6,8H,3-4H2,1-2H3,(H,10,11). The lowest BCUT2D eigenvalue weighted by atomic mass is 9.87. The molecule has 0 aromatic carbocycles. The van der Waals surface area contributed by atoms with E-state index in [1.165, 1.54) is 18.4 Å². The van der Waals surface area contributed by atoms with Gasteiger partial charge in [0.25, 0.3) is 0 Å². The van der Waals surface area contributed by atoms with E-state index in [4.69, 9.17) is 0 Å². The number of nitrogens with one attached hydrogen (secondary N) is 1. The van der Waals surface area contributed by atoms with E-state index in [1.807, 2.05) is 0 Å². The monoisotopic (exact) mass is 150 g/mol. The lowest BCUT2D eigenvalue weighted by Crippen LogP contribution is -2.26. The van der Waals surface area contributed by atoms with Crippen LogP contribution in [0.1, 0.15) is 26.7 Å². The van der Waals surface area contributed by atoms with E-state index in [1.54, 1.807) is 6.34 Å². The molecule has 1 aliphatic heterocycles. The number of hydrogen-bond donors (Lipinski definition) is 1. The second kappa shape index (κ2) is 2.10. The molecule has 1 heterocycles. The predicted molar refractivity (Wildman–Crippen MR) is 46.5 cm³/mol. The Morgan fingerprint density at radius 1 is 1.64 bits per heavy atom. The third-order valence-corrected chi connectivity index (χ3v) is 2.72. The Bertz CT molecular complexity index is 226. The molecule has 1 aliphatic carbocycles. The summed E-state index contributed by atoms with van der Waals surface area (Å²) in [7, 11) is 0. The van der Waals surface area contributed by atoms with Gasteiger partial charge in [0.2, 0.25) is 0 Å². The van der Waals surface area contributed by atoms with E-state index in [-0.39, 0.29) is 0 Å². The summed E-state index contributed by atoms with van der Waals surface area (Å²) in [5, 5.41) is 3.04. The number of nitrogens with zero attached hydrogens (tertiary/aromatic N) is 1. The van der Waals surface area contributed by atoms with E-state index < -0.39 is 0 Å². The van der Waals surface area contributed by atoms with E-state index in [0.29, 0.717) is 11.5 Å². The van der Waals surface area contributed by atoms with Crippen LogP contribution in [0, 0.1) is 5.41 Å². The van der Waals surface area contributed by atoms with Gasteiger partial charge in [-0.3, -0.25) is 4.99 Å². The highest BCUT2D eigenvalue weighted by molar-refractivity contribution is 5.59. The molecule has 0 aromatic rings. The smallest absolute Gasteiger partial charge is 0.0871 e. The average Bonchev–Trinajstić information content (AvgIpc) is 2.29. The molecule has 0 radical (unpaired) electrons. The van der Waals surface area contributed by atoms with Crippen LogP contribution in [-0.4, -0.2) is 12.4 Å². The van der Waals surface area contributed by atoms with Crippen molar-refractivity contribution in [1.29, 1.82) is 0 Å². The quantitative estimate of drug-likeness (QED) is 0.558. The summed E-state index contributed by atoms with van der Waals surface area (Å²) in [5.41, 5.74) is 1.85. The Morgan fingerprint density at radius 3 is 3.18 bits per heavy atom. The normalized spacial score (nSPS) is 32.5. The molecule has 0 spiro atoms. The van der Waals surface area contributed by atoms with Crippen molar-refractivity contribution in [2.75, 3.05) is 0 Å². The van der Waals surface area contributed by atoms with Gasteiger partial charge < -0.3 is 5.32 Å². The molecular weight excluding hydrogens is 136 g/mol. The van der Waals surface area contributed by atoms with Crippen LogP contribution in [0.5, 0.6) is 0 Å². The summed E-state index contributed by atoms with van der Waals surface area (Å²) in [6.45, 7) is 4.59. The number of aliphatic imine (C=N–C) groups is 1. The molecule has 0 bridgehead atoms. The fraction of sp³-hybridized carbons (Fsp3) is 0.667. The molecular formula is C9H14N2. The van der Waals surface area contributed by atoms with Crippen LogP contribution in [0.3, 0.4) is 0 Å². The summed E-state index contributed by atoms with van der Waals surface area (Å²) < 4.78 is 0. The van der Waals surface area contributed by atoms with Gasteiger partial charge in [0, 0.05) is 6.20 Å². The van der Waals surface area contributed by atoms with Gasteiger partial charge in [0.15, 0.2) is 0 Å². The van der Waals surface area contributed by atoms with Gasteiger partial charge in [0.05, 0.1) is 12.4 Å². The fourth-order valence-corrected chi connectivity index (χ4v) is 1.95. The van der Waals surface area contributed by atoms with Gasteiger partial charge in [0.1, 0.15) is 0 Å². The molecule has 60 valence electrons. The van der Waals surface area contributed by atoms with Gasteiger partial charge in [-0.1, -0.05) is 13.8 Å². The van der Waals surface area contributed by atoms with Crippen LogP contribution < -0.4 is 5.32 Å².